The Hall–Kier alpha value is -5.24. The molecule has 3 aliphatic carbocycles. The van der Waals surface area contributed by atoms with Crippen molar-refractivity contribution in [1.82, 2.24) is 5.32 Å². The van der Waals surface area contributed by atoms with E-state index >= 15 is 4.79 Å². The number of hydrogen-bond donors (Lipinski definition) is 4. The number of rotatable bonds is 11. The Morgan fingerprint density at radius 1 is 0.969 bits per heavy atom. The lowest BCUT2D eigenvalue weighted by Crippen LogP contribution is -2.82. The summed E-state index contributed by atoms with van der Waals surface area (Å²) in [7, 11) is 2.78. The Labute approximate surface area is 378 Å². The summed E-state index contributed by atoms with van der Waals surface area (Å²) in [6.45, 7) is 12.3. The van der Waals surface area contributed by atoms with Crippen LogP contribution in [0.15, 0.2) is 71.8 Å². The van der Waals surface area contributed by atoms with Crippen LogP contribution in [-0.2, 0) is 52.3 Å². The molecule has 2 aromatic carbocycles. The van der Waals surface area contributed by atoms with Gasteiger partial charge in [0.15, 0.2) is 17.5 Å². The third-order valence-electron chi connectivity index (χ3n) is 13.2. The molecule has 65 heavy (non-hydrogen) atoms. The van der Waals surface area contributed by atoms with Gasteiger partial charge in [-0.05, 0) is 63.5 Å². The highest BCUT2D eigenvalue weighted by Crippen LogP contribution is 2.64. The van der Waals surface area contributed by atoms with Crippen LogP contribution >= 0.6 is 0 Å². The molecule has 1 saturated heterocycles. The summed E-state index contributed by atoms with van der Waals surface area (Å²) in [6.07, 6.45) is -9.31. The van der Waals surface area contributed by atoms with Gasteiger partial charge in [0.1, 0.15) is 35.6 Å². The minimum Gasteiger partial charge on any atom is -0.549 e. The first-order chi connectivity index (χ1) is 30.3. The zero-order valence-electron chi connectivity index (χ0n) is 38.4. The number of carbonyl (C=O) groups is 6. The molecule has 0 spiro atoms. The van der Waals surface area contributed by atoms with Crippen molar-refractivity contribution in [2.24, 2.45) is 22.5 Å². The topological polar surface area (TPSA) is 269 Å². The van der Waals surface area contributed by atoms with Gasteiger partial charge in [0.25, 0.3) is 0 Å². The van der Waals surface area contributed by atoms with Crippen LogP contribution in [0.2, 0.25) is 0 Å². The van der Waals surface area contributed by atoms with Gasteiger partial charge in [-0.3, -0.25) is 9.59 Å². The summed E-state index contributed by atoms with van der Waals surface area (Å²) in [4.78, 5) is 79.2. The van der Waals surface area contributed by atoms with Crippen LogP contribution in [0.4, 0.5) is 4.79 Å². The highest BCUT2D eigenvalue weighted by molar-refractivity contribution is 5.94. The Kier molecular flexibility index (Phi) is 15.1. The van der Waals surface area contributed by atoms with Crippen molar-refractivity contribution in [2.75, 3.05) is 27.4 Å². The molecule has 1 aliphatic heterocycles. The number of aliphatic hydroxyl groups is 2. The highest BCUT2D eigenvalue weighted by Gasteiger charge is 2.78. The number of alkyl carbamates (subject to hydrolysis) is 1. The molecule has 0 unspecified atom stereocenters. The van der Waals surface area contributed by atoms with Crippen LogP contribution in [0, 0.1) is 16.7 Å². The summed E-state index contributed by atoms with van der Waals surface area (Å²) in [5, 5.41) is 37.1. The molecule has 11 atom stereocenters. The number of methoxy groups -OCH3 is 2. The number of nitrogens with one attached hydrogen (secondary N) is 1. The number of hydrogen-bond acceptors (Lipinski definition) is 17. The summed E-state index contributed by atoms with van der Waals surface area (Å²) in [5.41, 5.74) is -2.21. The van der Waals surface area contributed by atoms with Crippen molar-refractivity contribution < 1.29 is 77.2 Å². The standard InChI is InChI=1S/C45H57NO14.C2H5NO2/c1-24-28(57-39(51)33(48)32(26-17-13-11-14-18-26)46-40(52)60-41(3,4)5)22-45(53)37(58-38(50)27-19-15-12-16-20-27)35-43(8,36(49)34(55-10)31(24)42(45,6)7)29(54-9)21-30-44(35,23-56-30)59-25(2)47;3-1-2(4)5/h11-20,28-30,32-35,37,48,53H,21-23H2,1-10H3,(H,46,52);1,3H2,(H,4,5)/p-1/t28-,29-,30+,32-,33+,34+,35-,37-,43+,44-,45+;/m0./s1. The number of fused-ring (bicyclic) bond motifs is 5. The molecule has 2 aromatic rings. The number of ether oxygens (including phenoxy) is 7. The number of carbonyl (C=O) groups excluding carboxylic acids is 6. The number of esters is 3. The molecule has 3 fully saturated rings. The van der Waals surface area contributed by atoms with Gasteiger partial charge in [0.2, 0.25) is 0 Å². The van der Waals surface area contributed by atoms with E-state index in [1.165, 1.54) is 21.1 Å². The number of Topliss-reactive ketones (excluding diaryl/α,β-unsaturated/α-hetero) is 1. The summed E-state index contributed by atoms with van der Waals surface area (Å²) in [5.74, 6) is -5.74. The molecule has 6 rings (SSSR count). The maximum Gasteiger partial charge on any atom is 0.408 e. The predicted octanol–water partition coefficient (Wildman–Crippen LogP) is 2.26. The fraction of sp³-hybridized carbons (Fsp3) is 0.574. The Morgan fingerprint density at radius 2 is 1.55 bits per heavy atom. The van der Waals surface area contributed by atoms with Crippen molar-refractivity contribution in [3.8, 4) is 0 Å². The average Bonchev–Trinajstić information content (AvgIpc) is 3.24. The largest absolute Gasteiger partial charge is 0.549 e. The Morgan fingerprint density at radius 3 is 2.05 bits per heavy atom. The van der Waals surface area contributed by atoms with Crippen LogP contribution in [0.3, 0.4) is 0 Å². The second-order valence-corrected chi connectivity index (χ2v) is 18.6. The second kappa shape index (κ2) is 19.3. The lowest BCUT2D eigenvalue weighted by Gasteiger charge is -2.67. The van der Waals surface area contributed by atoms with Crippen molar-refractivity contribution >= 4 is 35.8 Å². The van der Waals surface area contributed by atoms with Crippen molar-refractivity contribution in [3.05, 3.63) is 82.9 Å². The van der Waals surface area contributed by atoms with Crippen LogP contribution in [0.25, 0.3) is 0 Å². The molecular formula is C47H61N2O16-. The maximum atomic E-state index is 15.5. The molecular weight excluding hydrogens is 849 g/mol. The lowest BCUT2D eigenvalue weighted by atomic mass is 9.44. The maximum absolute atomic E-state index is 15.5. The zero-order chi connectivity index (χ0) is 48.4. The van der Waals surface area contributed by atoms with Gasteiger partial charge in [-0.1, -0.05) is 62.4 Å². The van der Waals surface area contributed by atoms with E-state index in [1.54, 1.807) is 109 Å². The summed E-state index contributed by atoms with van der Waals surface area (Å²) in [6, 6.07) is 15.1. The van der Waals surface area contributed by atoms with Crippen LogP contribution in [0.1, 0.15) is 90.2 Å². The average molecular weight is 910 g/mol. The van der Waals surface area contributed by atoms with E-state index < -0.39 is 118 Å². The molecule has 1 amide bonds. The SMILES string of the molecule is CO[C@H]1C(=O)[C@]2(C)[C@@H](OC)C[C@H]3OC[C@@]3(OC(C)=O)[C@H]2[C@H](OC(=O)c2ccccc2)[C@]2(O)C[C@H](OC(=O)[C@H](O)[C@@H](NC(=O)OC(C)(C)C)c3ccccc3)C(C)=C1C2(C)C.NCC(=O)[O-]. The van der Waals surface area contributed by atoms with Gasteiger partial charge in [0, 0.05) is 45.9 Å². The molecule has 0 aromatic heterocycles. The number of amides is 1. The van der Waals surface area contributed by atoms with Crippen molar-refractivity contribution in [1.29, 1.82) is 0 Å². The number of aliphatic hydroxyl groups excluding tert-OH is 1. The minimum absolute atomic E-state index is 0.121. The molecule has 18 nitrogen and oxygen atoms in total. The zero-order valence-corrected chi connectivity index (χ0v) is 38.4. The van der Waals surface area contributed by atoms with Crippen LogP contribution < -0.4 is 16.2 Å². The summed E-state index contributed by atoms with van der Waals surface area (Å²) >= 11 is 0. The van der Waals surface area contributed by atoms with E-state index in [0.717, 1.165) is 0 Å². The van der Waals surface area contributed by atoms with Gasteiger partial charge < -0.3 is 64.3 Å². The third kappa shape index (κ3) is 9.55. The number of carboxylic acid groups (broad SMARTS) is 1. The lowest BCUT2D eigenvalue weighted by molar-refractivity contribution is -0.347. The third-order valence-corrected chi connectivity index (χ3v) is 13.2. The molecule has 2 saturated carbocycles. The quantitative estimate of drug-likeness (QED) is 0.143. The minimum atomic E-state index is -2.22. The van der Waals surface area contributed by atoms with E-state index in [0.29, 0.717) is 11.1 Å². The van der Waals surface area contributed by atoms with Gasteiger partial charge in [-0.25, -0.2) is 14.4 Å². The highest BCUT2D eigenvalue weighted by atomic mass is 16.6. The van der Waals surface area contributed by atoms with Gasteiger partial charge in [-0.15, -0.1) is 0 Å². The molecule has 0 radical (unpaired) electrons. The fourth-order valence-electron chi connectivity index (χ4n) is 10.1. The van der Waals surface area contributed by atoms with E-state index in [-0.39, 0.29) is 30.7 Å². The number of aliphatic carboxylic acids is 1. The molecule has 2 bridgehead atoms. The van der Waals surface area contributed by atoms with Gasteiger partial charge in [0.05, 0.1) is 41.6 Å². The van der Waals surface area contributed by atoms with E-state index in [2.05, 4.69) is 11.1 Å². The second-order valence-electron chi connectivity index (χ2n) is 18.6. The molecule has 1 heterocycles. The van der Waals surface area contributed by atoms with E-state index in [1.807, 2.05) is 0 Å². The normalized spacial score (nSPS) is 31.0. The van der Waals surface area contributed by atoms with E-state index in [4.69, 9.17) is 43.1 Å². The van der Waals surface area contributed by atoms with Crippen LogP contribution in [0.5, 0.6) is 0 Å². The Balaban J connectivity index is 0.00000150. The number of nitrogens with two attached hydrogens (primary N) is 1. The first kappa shape index (κ1) is 50.8. The van der Waals surface area contributed by atoms with Crippen LogP contribution in [-0.4, -0.2) is 127 Å². The summed E-state index contributed by atoms with van der Waals surface area (Å²) < 4.78 is 42.4. The fourth-order valence-corrected chi connectivity index (χ4v) is 10.1. The monoisotopic (exact) mass is 909 g/mol. The molecule has 4 aliphatic rings. The number of carboxylic acids is 1. The first-order valence-electron chi connectivity index (χ1n) is 21.3. The predicted molar refractivity (Wildman–Crippen MR) is 227 cm³/mol. The Bertz CT molecular complexity index is 2140. The molecule has 18 heteroatoms. The number of ketones is 1. The van der Waals surface area contributed by atoms with Gasteiger partial charge >= 0.3 is 24.0 Å². The van der Waals surface area contributed by atoms with Gasteiger partial charge in [-0.2, -0.15) is 0 Å². The van der Waals surface area contributed by atoms with E-state index in [9.17, 15) is 29.4 Å². The first-order valence-corrected chi connectivity index (χ1v) is 21.3. The smallest absolute Gasteiger partial charge is 0.408 e. The number of benzene rings is 2. The van der Waals surface area contributed by atoms with Crippen molar-refractivity contribution in [3.63, 3.8) is 0 Å². The molecule has 356 valence electrons. The van der Waals surface area contributed by atoms with Crippen molar-refractivity contribution in [2.45, 2.75) is 128 Å². The molecule has 5 N–H and O–H groups in total.